The lowest BCUT2D eigenvalue weighted by molar-refractivity contribution is 0.0470. The molecule has 0 bridgehead atoms. The molecule has 1 aliphatic carbocycles. The van der Waals surface area contributed by atoms with Gasteiger partial charge in [0, 0.05) is 5.92 Å². The summed E-state index contributed by atoms with van der Waals surface area (Å²) in [5, 5.41) is 4.01. The average molecular weight is 294 g/mol. The van der Waals surface area contributed by atoms with Crippen LogP contribution in [0, 0.1) is 0 Å². The molecule has 0 radical (unpaired) electrons. The first-order valence-corrected chi connectivity index (χ1v) is 8.32. The minimum absolute atomic E-state index is 0.0128. The van der Waals surface area contributed by atoms with E-state index in [9.17, 15) is 4.79 Å². The predicted molar refractivity (Wildman–Crippen MR) is 79.2 cm³/mol. The monoisotopic (exact) mass is 294 g/mol. The Morgan fingerprint density at radius 2 is 1.67 bits per heavy atom. The summed E-state index contributed by atoms with van der Waals surface area (Å²) >= 11 is 0. The Hall–Kier alpha value is -1.39. The number of aromatic nitrogens is 2. The highest BCUT2D eigenvalue weighted by Gasteiger charge is 2.22. The molecule has 1 fully saturated rings. The zero-order valence-electron chi connectivity index (χ0n) is 13.0. The van der Waals surface area contributed by atoms with Crippen LogP contribution in [0.2, 0.25) is 0 Å². The Morgan fingerprint density at radius 3 is 2.24 bits per heavy atom. The van der Waals surface area contributed by atoms with Gasteiger partial charge in [-0.25, -0.2) is 4.79 Å². The maximum absolute atomic E-state index is 11.6. The highest BCUT2D eigenvalue weighted by atomic mass is 16.6. The smallest absolute Gasteiger partial charge is 0.397 e. The maximum atomic E-state index is 11.6. The summed E-state index contributed by atoms with van der Waals surface area (Å²) in [6.45, 7) is 2.08. The fraction of sp³-hybridized carbons (Fsp3) is 0.812. The van der Waals surface area contributed by atoms with Crippen molar-refractivity contribution in [2.45, 2.75) is 77.0 Å². The Kier molecular flexibility index (Phi) is 6.70. The number of carbonyl (C=O) groups excluding carboxylic acids is 1. The second-order valence-corrected chi connectivity index (χ2v) is 5.78. The SMILES string of the molecule is CCOC(=O)c1nc(C2CCCCCCCCCC2)no1. The van der Waals surface area contributed by atoms with Gasteiger partial charge in [-0.3, -0.25) is 0 Å². The lowest BCUT2D eigenvalue weighted by Gasteiger charge is -2.11. The van der Waals surface area contributed by atoms with Crippen molar-refractivity contribution in [1.82, 2.24) is 10.1 Å². The van der Waals surface area contributed by atoms with Crippen LogP contribution in [0.5, 0.6) is 0 Å². The van der Waals surface area contributed by atoms with Crippen LogP contribution in [0.1, 0.15) is 93.6 Å². The zero-order valence-corrected chi connectivity index (χ0v) is 13.0. The molecule has 5 heteroatoms. The Labute approximate surface area is 126 Å². The molecule has 21 heavy (non-hydrogen) atoms. The molecule has 0 amide bonds. The molecule has 0 atom stereocenters. The van der Waals surface area contributed by atoms with Crippen molar-refractivity contribution < 1.29 is 14.1 Å². The summed E-state index contributed by atoms with van der Waals surface area (Å²) < 4.78 is 9.94. The molecule has 1 aromatic heterocycles. The quantitative estimate of drug-likeness (QED) is 0.780. The first-order valence-electron chi connectivity index (χ1n) is 8.32. The van der Waals surface area contributed by atoms with Gasteiger partial charge < -0.3 is 9.26 Å². The molecule has 118 valence electrons. The second-order valence-electron chi connectivity index (χ2n) is 5.78. The van der Waals surface area contributed by atoms with Gasteiger partial charge in [-0.2, -0.15) is 4.98 Å². The van der Waals surface area contributed by atoms with Crippen LogP contribution in [0.4, 0.5) is 0 Å². The zero-order chi connectivity index (χ0) is 14.9. The third-order valence-corrected chi connectivity index (χ3v) is 4.11. The molecule has 1 saturated carbocycles. The molecule has 0 N–H and O–H groups in total. The van der Waals surface area contributed by atoms with Gasteiger partial charge in [0.1, 0.15) is 0 Å². The molecule has 2 rings (SSSR count). The maximum Gasteiger partial charge on any atom is 0.397 e. The first-order chi connectivity index (χ1) is 10.3. The van der Waals surface area contributed by atoms with Crippen LogP contribution < -0.4 is 0 Å². The Balaban J connectivity index is 1.97. The van der Waals surface area contributed by atoms with E-state index in [1.165, 1.54) is 51.4 Å². The Morgan fingerprint density at radius 1 is 1.10 bits per heavy atom. The highest BCUT2D eigenvalue weighted by Crippen LogP contribution is 2.28. The topological polar surface area (TPSA) is 65.2 Å². The molecule has 1 heterocycles. The summed E-state index contributed by atoms with van der Waals surface area (Å²) in [5.41, 5.74) is 0. The third kappa shape index (κ3) is 5.14. The van der Waals surface area contributed by atoms with Crippen molar-refractivity contribution in [1.29, 1.82) is 0 Å². The van der Waals surface area contributed by atoms with Crippen LogP contribution >= 0.6 is 0 Å². The van der Waals surface area contributed by atoms with Gasteiger partial charge in [-0.15, -0.1) is 0 Å². The van der Waals surface area contributed by atoms with E-state index in [0.29, 0.717) is 18.3 Å². The van der Waals surface area contributed by atoms with Crippen molar-refractivity contribution in [2.75, 3.05) is 6.61 Å². The molecule has 0 aromatic carbocycles. The summed E-state index contributed by atoms with van der Waals surface area (Å²) in [6, 6.07) is 0. The van der Waals surface area contributed by atoms with Gasteiger partial charge in [0.05, 0.1) is 6.61 Å². The van der Waals surface area contributed by atoms with Gasteiger partial charge in [0.25, 0.3) is 0 Å². The van der Waals surface area contributed by atoms with Gasteiger partial charge in [-0.1, -0.05) is 56.5 Å². The minimum atomic E-state index is -0.520. The van der Waals surface area contributed by atoms with E-state index in [1.807, 2.05) is 0 Å². The van der Waals surface area contributed by atoms with Crippen LogP contribution in [-0.4, -0.2) is 22.7 Å². The average Bonchev–Trinajstić information content (AvgIpc) is 2.94. The summed E-state index contributed by atoms with van der Waals surface area (Å²) in [4.78, 5) is 15.8. The molecule has 0 saturated heterocycles. The van der Waals surface area contributed by atoms with E-state index >= 15 is 0 Å². The van der Waals surface area contributed by atoms with Crippen LogP contribution in [0.15, 0.2) is 4.52 Å². The van der Waals surface area contributed by atoms with Crippen molar-refractivity contribution in [3.05, 3.63) is 11.7 Å². The number of esters is 1. The molecule has 0 aliphatic heterocycles. The number of carbonyl (C=O) groups is 1. The van der Waals surface area contributed by atoms with Gasteiger partial charge >= 0.3 is 11.9 Å². The van der Waals surface area contributed by atoms with E-state index in [4.69, 9.17) is 9.26 Å². The standard InChI is InChI=1S/C16H26N2O3/c1-2-20-16(19)15-17-14(18-21-15)13-11-9-7-5-3-4-6-8-10-12-13/h13H,2-12H2,1H3. The van der Waals surface area contributed by atoms with E-state index in [1.54, 1.807) is 6.92 Å². The lowest BCUT2D eigenvalue weighted by atomic mass is 9.95. The fourth-order valence-corrected chi connectivity index (χ4v) is 2.92. The van der Waals surface area contributed by atoms with Crippen molar-refractivity contribution >= 4 is 5.97 Å². The molecule has 0 unspecified atom stereocenters. The molecule has 5 nitrogen and oxygen atoms in total. The summed E-state index contributed by atoms with van der Waals surface area (Å²) in [6.07, 6.45) is 12.5. The number of ether oxygens (including phenoxy) is 1. The van der Waals surface area contributed by atoms with Crippen molar-refractivity contribution in [3.63, 3.8) is 0 Å². The van der Waals surface area contributed by atoms with Crippen molar-refractivity contribution in [3.8, 4) is 0 Å². The summed E-state index contributed by atoms with van der Waals surface area (Å²) in [5.74, 6) is 0.460. The molecule has 1 aromatic rings. The second kappa shape index (κ2) is 8.80. The van der Waals surface area contributed by atoms with Crippen LogP contribution in [0.3, 0.4) is 0 Å². The lowest BCUT2D eigenvalue weighted by Crippen LogP contribution is -2.06. The van der Waals surface area contributed by atoms with E-state index < -0.39 is 5.97 Å². The fourth-order valence-electron chi connectivity index (χ4n) is 2.92. The van der Waals surface area contributed by atoms with E-state index in [0.717, 1.165) is 12.8 Å². The minimum Gasteiger partial charge on any atom is -0.459 e. The molecular weight excluding hydrogens is 268 g/mol. The van der Waals surface area contributed by atoms with Crippen molar-refractivity contribution in [2.24, 2.45) is 0 Å². The number of rotatable bonds is 3. The molecular formula is C16H26N2O3. The van der Waals surface area contributed by atoms with Crippen LogP contribution in [0.25, 0.3) is 0 Å². The van der Waals surface area contributed by atoms with Gasteiger partial charge in [-0.05, 0) is 19.8 Å². The van der Waals surface area contributed by atoms with Crippen LogP contribution in [-0.2, 0) is 4.74 Å². The number of hydrogen-bond acceptors (Lipinski definition) is 5. The summed E-state index contributed by atoms with van der Waals surface area (Å²) in [7, 11) is 0. The van der Waals surface area contributed by atoms with Gasteiger partial charge in [0.15, 0.2) is 5.82 Å². The number of hydrogen-bond donors (Lipinski definition) is 0. The normalized spacial score (nSPS) is 18.9. The van der Waals surface area contributed by atoms with Gasteiger partial charge in [0.2, 0.25) is 0 Å². The number of nitrogens with zero attached hydrogens (tertiary/aromatic N) is 2. The predicted octanol–water partition coefficient (Wildman–Crippen LogP) is 4.24. The third-order valence-electron chi connectivity index (χ3n) is 4.11. The molecule has 0 spiro atoms. The largest absolute Gasteiger partial charge is 0.459 e. The first kappa shape index (κ1) is 16.0. The molecule has 1 aliphatic rings. The van der Waals surface area contributed by atoms with E-state index in [-0.39, 0.29) is 5.89 Å². The highest BCUT2D eigenvalue weighted by molar-refractivity contribution is 5.83. The Bertz CT molecular complexity index is 419. The van der Waals surface area contributed by atoms with E-state index in [2.05, 4.69) is 10.1 Å².